The van der Waals surface area contributed by atoms with Crippen LogP contribution in [0.3, 0.4) is 0 Å². The van der Waals surface area contributed by atoms with E-state index in [0.29, 0.717) is 18.9 Å². The average molecular weight is 258 g/mol. The van der Waals surface area contributed by atoms with Crippen molar-refractivity contribution >= 4 is 12.0 Å². The largest absolute Gasteiger partial charge is 0.481 e. The van der Waals surface area contributed by atoms with Gasteiger partial charge in [-0.3, -0.25) is 4.79 Å². The molecule has 0 fully saturated rings. The maximum Gasteiger partial charge on any atom is 0.319 e. The topological polar surface area (TPSA) is 60.9 Å². The minimum absolute atomic E-state index is 0.0240. The summed E-state index contributed by atoms with van der Waals surface area (Å²) < 4.78 is 0. The Morgan fingerprint density at radius 1 is 1.17 bits per heavy atom. The van der Waals surface area contributed by atoms with E-state index in [1.54, 1.807) is 11.9 Å². The molecule has 0 bridgehead atoms. The van der Waals surface area contributed by atoms with E-state index in [-0.39, 0.29) is 18.5 Å². The molecule has 0 radical (unpaired) electrons. The number of urea groups is 1. The highest BCUT2D eigenvalue weighted by molar-refractivity contribution is 5.74. The molecule has 0 unspecified atom stereocenters. The van der Waals surface area contributed by atoms with Crippen molar-refractivity contribution in [2.24, 2.45) is 5.92 Å². The fourth-order valence-corrected chi connectivity index (χ4v) is 1.69. The standard InChI is InChI=1S/C13H26N2O3/c1-10(2)9-15(11(3)4)13(18)14(5)8-6-7-12(16)17/h10-11H,6-9H2,1-5H3,(H,16,17). The zero-order chi connectivity index (χ0) is 14.3. The van der Waals surface area contributed by atoms with Crippen molar-refractivity contribution in [3.8, 4) is 0 Å². The van der Waals surface area contributed by atoms with Gasteiger partial charge in [0, 0.05) is 32.6 Å². The Morgan fingerprint density at radius 3 is 2.11 bits per heavy atom. The van der Waals surface area contributed by atoms with Crippen LogP contribution >= 0.6 is 0 Å². The van der Waals surface area contributed by atoms with Gasteiger partial charge in [-0.05, 0) is 26.2 Å². The van der Waals surface area contributed by atoms with Gasteiger partial charge in [0.25, 0.3) is 0 Å². The van der Waals surface area contributed by atoms with Crippen LogP contribution in [0.2, 0.25) is 0 Å². The third-order valence-electron chi connectivity index (χ3n) is 2.64. The van der Waals surface area contributed by atoms with E-state index in [2.05, 4.69) is 13.8 Å². The first-order valence-electron chi connectivity index (χ1n) is 6.49. The van der Waals surface area contributed by atoms with Crippen molar-refractivity contribution in [2.45, 2.75) is 46.6 Å². The molecule has 5 nitrogen and oxygen atoms in total. The molecular formula is C13H26N2O3. The molecule has 1 N–H and O–H groups in total. The number of hydrogen-bond acceptors (Lipinski definition) is 2. The molecule has 0 aromatic heterocycles. The summed E-state index contributed by atoms with van der Waals surface area (Å²) in [5.74, 6) is -0.400. The van der Waals surface area contributed by atoms with Gasteiger partial charge in [0.1, 0.15) is 0 Å². The van der Waals surface area contributed by atoms with Crippen molar-refractivity contribution in [1.82, 2.24) is 9.80 Å². The van der Waals surface area contributed by atoms with Crippen LogP contribution in [0.1, 0.15) is 40.5 Å². The zero-order valence-electron chi connectivity index (χ0n) is 12.1. The van der Waals surface area contributed by atoms with E-state index in [4.69, 9.17) is 5.11 Å². The summed E-state index contributed by atoms with van der Waals surface area (Å²) in [5, 5.41) is 8.57. The van der Waals surface area contributed by atoms with Gasteiger partial charge in [-0.15, -0.1) is 0 Å². The summed E-state index contributed by atoms with van der Waals surface area (Å²) in [6, 6.07) is 0.130. The van der Waals surface area contributed by atoms with Crippen LogP contribution in [-0.4, -0.2) is 53.1 Å². The van der Waals surface area contributed by atoms with Crippen LogP contribution in [0.5, 0.6) is 0 Å². The van der Waals surface area contributed by atoms with Crippen LogP contribution in [-0.2, 0) is 4.79 Å². The Bertz CT molecular complexity index is 277. The van der Waals surface area contributed by atoms with Gasteiger partial charge in [0.05, 0.1) is 0 Å². The molecule has 0 spiro atoms. The maximum absolute atomic E-state index is 12.2. The summed E-state index contributed by atoms with van der Waals surface area (Å²) in [4.78, 5) is 26.1. The van der Waals surface area contributed by atoms with Crippen LogP contribution in [0.25, 0.3) is 0 Å². The molecule has 0 atom stereocenters. The van der Waals surface area contributed by atoms with E-state index in [9.17, 15) is 9.59 Å². The van der Waals surface area contributed by atoms with Gasteiger partial charge in [-0.25, -0.2) is 4.79 Å². The smallest absolute Gasteiger partial charge is 0.319 e. The monoisotopic (exact) mass is 258 g/mol. The molecule has 18 heavy (non-hydrogen) atoms. The lowest BCUT2D eigenvalue weighted by atomic mass is 10.2. The normalized spacial score (nSPS) is 10.8. The quantitative estimate of drug-likeness (QED) is 0.762. The van der Waals surface area contributed by atoms with Gasteiger partial charge in [-0.1, -0.05) is 13.8 Å². The van der Waals surface area contributed by atoms with Crippen molar-refractivity contribution in [1.29, 1.82) is 0 Å². The molecule has 0 saturated carbocycles. The molecule has 0 aliphatic rings. The lowest BCUT2D eigenvalue weighted by molar-refractivity contribution is -0.137. The summed E-state index contributed by atoms with van der Waals surface area (Å²) in [7, 11) is 1.72. The molecule has 0 aliphatic carbocycles. The molecule has 0 rings (SSSR count). The Balaban J connectivity index is 4.33. The first kappa shape index (κ1) is 16.7. The predicted octanol–water partition coefficient (Wildman–Crippen LogP) is 2.27. The lowest BCUT2D eigenvalue weighted by Gasteiger charge is -2.32. The van der Waals surface area contributed by atoms with E-state index in [1.807, 2.05) is 18.7 Å². The minimum atomic E-state index is -0.821. The summed E-state index contributed by atoms with van der Waals surface area (Å²) in [6.45, 7) is 9.34. The highest BCUT2D eigenvalue weighted by Gasteiger charge is 2.21. The third kappa shape index (κ3) is 6.47. The van der Waals surface area contributed by atoms with Gasteiger partial charge in [0.15, 0.2) is 0 Å². The van der Waals surface area contributed by atoms with Crippen LogP contribution in [0, 0.1) is 5.92 Å². The highest BCUT2D eigenvalue weighted by atomic mass is 16.4. The number of aliphatic carboxylic acids is 1. The Hall–Kier alpha value is -1.26. The molecular weight excluding hydrogens is 232 g/mol. The zero-order valence-corrected chi connectivity index (χ0v) is 12.1. The first-order valence-corrected chi connectivity index (χ1v) is 6.49. The fourth-order valence-electron chi connectivity index (χ4n) is 1.69. The van der Waals surface area contributed by atoms with E-state index in [1.165, 1.54) is 0 Å². The molecule has 0 aliphatic heterocycles. The lowest BCUT2D eigenvalue weighted by Crippen LogP contribution is -2.46. The van der Waals surface area contributed by atoms with Gasteiger partial charge in [0.2, 0.25) is 0 Å². The number of amides is 2. The number of carboxylic acid groups (broad SMARTS) is 1. The number of rotatable bonds is 7. The second kappa shape index (κ2) is 7.95. The van der Waals surface area contributed by atoms with Crippen molar-refractivity contribution < 1.29 is 14.7 Å². The molecule has 2 amide bonds. The molecule has 0 saturated heterocycles. The molecule has 5 heteroatoms. The maximum atomic E-state index is 12.2. The van der Waals surface area contributed by atoms with Crippen molar-refractivity contribution in [3.05, 3.63) is 0 Å². The number of carbonyl (C=O) groups is 2. The van der Waals surface area contributed by atoms with Crippen LogP contribution < -0.4 is 0 Å². The Labute approximate surface area is 110 Å². The number of nitrogens with zero attached hydrogens (tertiary/aromatic N) is 2. The van der Waals surface area contributed by atoms with E-state index < -0.39 is 5.97 Å². The number of carboxylic acids is 1. The summed E-state index contributed by atoms with van der Waals surface area (Å²) >= 11 is 0. The molecule has 0 heterocycles. The summed E-state index contributed by atoms with van der Waals surface area (Å²) in [5.41, 5.74) is 0. The average Bonchev–Trinajstić information content (AvgIpc) is 2.23. The number of carbonyl (C=O) groups excluding carboxylic acids is 1. The van der Waals surface area contributed by atoms with Crippen molar-refractivity contribution in [2.75, 3.05) is 20.1 Å². The molecule has 0 aromatic rings. The first-order chi connectivity index (χ1) is 8.25. The van der Waals surface area contributed by atoms with Crippen LogP contribution in [0.4, 0.5) is 4.79 Å². The second-order valence-electron chi connectivity index (χ2n) is 5.34. The minimum Gasteiger partial charge on any atom is -0.481 e. The van der Waals surface area contributed by atoms with Crippen molar-refractivity contribution in [3.63, 3.8) is 0 Å². The van der Waals surface area contributed by atoms with E-state index >= 15 is 0 Å². The van der Waals surface area contributed by atoms with Gasteiger partial charge < -0.3 is 14.9 Å². The Morgan fingerprint density at radius 2 is 1.72 bits per heavy atom. The van der Waals surface area contributed by atoms with Gasteiger partial charge >= 0.3 is 12.0 Å². The van der Waals surface area contributed by atoms with Gasteiger partial charge in [-0.2, -0.15) is 0 Å². The molecule has 106 valence electrons. The number of hydrogen-bond donors (Lipinski definition) is 1. The van der Waals surface area contributed by atoms with E-state index in [0.717, 1.165) is 6.54 Å². The fraction of sp³-hybridized carbons (Fsp3) is 0.846. The predicted molar refractivity (Wildman–Crippen MR) is 71.6 cm³/mol. The van der Waals surface area contributed by atoms with Crippen LogP contribution in [0.15, 0.2) is 0 Å². The summed E-state index contributed by atoms with van der Waals surface area (Å²) in [6.07, 6.45) is 0.592. The third-order valence-corrected chi connectivity index (χ3v) is 2.64. The SMILES string of the molecule is CC(C)CN(C(=O)N(C)CCCC(=O)O)C(C)C. The highest BCUT2D eigenvalue weighted by Crippen LogP contribution is 2.08. The molecule has 0 aromatic carbocycles. The Kier molecular flexibility index (Phi) is 7.39. The second-order valence-corrected chi connectivity index (χ2v) is 5.34.